The molecule has 5 N–H and O–H groups in total. The summed E-state index contributed by atoms with van der Waals surface area (Å²) in [5.74, 6) is -0.0474. The largest absolute Gasteiger partial charge is 0.444 e. The number of ether oxygens (including phenoxy) is 2. The molecule has 0 aromatic heterocycles. The fourth-order valence-corrected chi connectivity index (χ4v) is 5.46. The molecule has 0 aliphatic carbocycles. The molecule has 0 bridgehead atoms. The first-order valence-corrected chi connectivity index (χ1v) is 17.1. The average Bonchev–Trinajstić information content (AvgIpc) is 3.77. The first kappa shape index (κ1) is 38.9. The Morgan fingerprint density at radius 1 is 0.875 bits per heavy atom. The SMILES string of the molecule is CC(C)CC(NOCC(O)C(CC(C)C)NC(=O)CC1OC1C(Cc1ccccc1)NC(=O)OC(C)(C)C)C(=O)NCc1ccccc1. The van der Waals surface area contributed by atoms with Crippen LogP contribution < -0.4 is 21.4 Å². The number of hydrogen-bond acceptors (Lipinski definition) is 8. The minimum Gasteiger partial charge on any atom is -0.444 e. The third-order valence-electron chi connectivity index (χ3n) is 7.75. The highest BCUT2D eigenvalue weighted by molar-refractivity contribution is 5.81. The molecule has 48 heavy (non-hydrogen) atoms. The normalized spacial score (nSPS) is 18.5. The van der Waals surface area contributed by atoms with Crippen molar-refractivity contribution in [2.45, 2.75) is 123 Å². The molecule has 6 unspecified atom stereocenters. The van der Waals surface area contributed by atoms with Gasteiger partial charge in [0.25, 0.3) is 0 Å². The lowest BCUT2D eigenvalue weighted by molar-refractivity contribution is -0.130. The van der Waals surface area contributed by atoms with Crippen LogP contribution in [0.2, 0.25) is 0 Å². The molecule has 1 saturated heterocycles. The fraction of sp³-hybridized carbons (Fsp3) is 0.595. The van der Waals surface area contributed by atoms with Crippen LogP contribution >= 0.6 is 0 Å². The van der Waals surface area contributed by atoms with Crippen molar-refractivity contribution in [2.24, 2.45) is 11.8 Å². The highest BCUT2D eigenvalue weighted by Gasteiger charge is 2.47. The van der Waals surface area contributed by atoms with Crippen molar-refractivity contribution < 1.29 is 33.8 Å². The lowest BCUT2D eigenvalue weighted by Crippen LogP contribution is -2.49. The number of benzene rings is 2. The van der Waals surface area contributed by atoms with Gasteiger partial charge in [-0.2, -0.15) is 5.48 Å². The summed E-state index contributed by atoms with van der Waals surface area (Å²) in [5.41, 5.74) is 4.20. The highest BCUT2D eigenvalue weighted by atomic mass is 16.7. The molecular weight excluding hydrogens is 612 g/mol. The summed E-state index contributed by atoms with van der Waals surface area (Å²) in [7, 11) is 0. The van der Waals surface area contributed by atoms with Gasteiger partial charge in [-0.3, -0.25) is 14.4 Å². The van der Waals surface area contributed by atoms with E-state index in [1.807, 2.05) is 88.4 Å². The topological polar surface area (TPSA) is 151 Å². The van der Waals surface area contributed by atoms with Gasteiger partial charge in [-0.25, -0.2) is 4.79 Å². The predicted molar refractivity (Wildman–Crippen MR) is 185 cm³/mol. The number of epoxide rings is 1. The first-order chi connectivity index (χ1) is 22.7. The van der Waals surface area contributed by atoms with E-state index in [0.717, 1.165) is 11.1 Å². The number of hydrogen-bond donors (Lipinski definition) is 5. The lowest BCUT2D eigenvalue weighted by atomic mass is 9.98. The highest BCUT2D eigenvalue weighted by Crippen LogP contribution is 2.30. The zero-order chi connectivity index (χ0) is 35.3. The molecule has 0 radical (unpaired) electrons. The molecule has 0 spiro atoms. The minimum absolute atomic E-state index is 0.0738. The van der Waals surface area contributed by atoms with E-state index in [1.54, 1.807) is 20.8 Å². The summed E-state index contributed by atoms with van der Waals surface area (Å²) < 4.78 is 11.4. The quantitative estimate of drug-likeness (QED) is 0.109. The Balaban J connectivity index is 1.53. The molecule has 1 aliphatic heterocycles. The molecule has 1 heterocycles. The van der Waals surface area contributed by atoms with Crippen molar-refractivity contribution in [3.05, 3.63) is 71.8 Å². The van der Waals surface area contributed by atoms with Crippen LogP contribution in [0.1, 0.15) is 78.9 Å². The molecule has 11 heteroatoms. The Morgan fingerprint density at radius 3 is 2.06 bits per heavy atom. The van der Waals surface area contributed by atoms with Gasteiger partial charge in [0.05, 0.1) is 37.3 Å². The van der Waals surface area contributed by atoms with Crippen LogP contribution in [0.15, 0.2) is 60.7 Å². The second-order valence-corrected chi connectivity index (χ2v) is 14.5. The molecule has 11 nitrogen and oxygen atoms in total. The summed E-state index contributed by atoms with van der Waals surface area (Å²) >= 11 is 0. The zero-order valence-corrected chi connectivity index (χ0v) is 29.5. The summed E-state index contributed by atoms with van der Waals surface area (Å²) in [6, 6.07) is 17.8. The number of aliphatic hydroxyl groups is 1. The van der Waals surface area contributed by atoms with Gasteiger partial charge in [-0.1, -0.05) is 88.4 Å². The van der Waals surface area contributed by atoms with E-state index >= 15 is 0 Å². The van der Waals surface area contributed by atoms with Gasteiger partial charge >= 0.3 is 6.09 Å². The second kappa shape index (κ2) is 18.9. The van der Waals surface area contributed by atoms with Crippen molar-refractivity contribution in [3.63, 3.8) is 0 Å². The molecule has 2 aromatic carbocycles. The maximum atomic E-state index is 13.2. The van der Waals surface area contributed by atoms with E-state index in [1.165, 1.54) is 0 Å². The predicted octanol–water partition coefficient (Wildman–Crippen LogP) is 4.42. The fourth-order valence-electron chi connectivity index (χ4n) is 5.46. The Morgan fingerprint density at radius 2 is 1.48 bits per heavy atom. The molecule has 6 atom stereocenters. The summed E-state index contributed by atoms with van der Waals surface area (Å²) in [6.45, 7) is 13.7. The number of carbonyl (C=O) groups is 3. The molecular formula is C37H56N4O7. The van der Waals surface area contributed by atoms with Gasteiger partial charge in [-0.05, 0) is 63.0 Å². The molecule has 2 aromatic rings. The van der Waals surface area contributed by atoms with E-state index < -0.39 is 36.0 Å². The van der Waals surface area contributed by atoms with Gasteiger partial charge in [-0.15, -0.1) is 0 Å². The Labute approximate surface area is 285 Å². The molecule has 1 aliphatic rings. The number of nitrogens with one attached hydrogen (secondary N) is 4. The van der Waals surface area contributed by atoms with Crippen LogP contribution in [0, 0.1) is 11.8 Å². The Kier molecular flexibility index (Phi) is 15.3. The third kappa shape index (κ3) is 14.7. The third-order valence-corrected chi connectivity index (χ3v) is 7.75. The number of rotatable bonds is 19. The van der Waals surface area contributed by atoms with E-state index in [9.17, 15) is 19.5 Å². The van der Waals surface area contributed by atoms with E-state index in [0.29, 0.717) is 25.8 Å². The van der Waals surface area contributed by atoms with E-state index in [2.05, 4.69) is 21.4 Å². The van der Waals surface area contributed by atoms with Gasteiger partial charge in [0.15, 0.2) is 0 Å². The number of carbonyl (C=O) groups excluding carboxylic acids is 3. The van der Waals surface area contributed by atoms with Crippen LogP contribution in [-0.2, 0) is 36.9 Å². The second-order valence-electron chi connectivity index (χ2n) is 14.5. The van der Waals surface area contributed by atoms with Crippen LogP contribution in [0.3, 0.4) is 0 Å². The first-order valence-electron chi connectivity index (χ1n) is 17.1. The van der Waals surface area contributed by atoms with Crippen LogP contribution in [0.25, 0.3) is 0 Å². The smallest absolute Gasteiger partial charge is 0.407 e. The van der Waals surface area contributed by atoms with Crippen molar-refractivity contribution in [3.8, 4) is 0 Å². The monoisotopic (exact) mass is 668 g/mol. The van der Waals surface area contributed by atoms with Gasteiger partial charge < -0.3 is 30.5 Å². The number of amides is 3. The molecule has 3 rings (SSSR count). The van der Waals surface area contributed by atoms with Crippen LogP contribution in [0.5, 0.6) is 0 Å². The summed E-state index contributed by atoms with van der Waals surface area (Å²) in [4.78, 5) is 44.4. The minimum atomic E-state index is -1.02. The van der Waals surface area contributed by atoms with Crippen molar-refractivity contribution in [1.29, 1.82) is 0 Å². The molecule has 266 valence electrons. The van der Waals surface area contributed by atoms with Crippen LogP contribution in [-0.4, -0.2) is 71.7 Å². The average molecular weight is 669 g/mol. The molecule has 3 amide bonds. The van der Waals surface area contributed by atoms with Crippen molar-refractivity contribution in [2.75, 3.05) is 6.61 Å². The van der Waals surface area contributed by atoms with Crippen molar-refractivity contribution >= 4 is 17.9 Å². The summed E-state index contributed by atoms with van der Waals surface area (Å²) in [6.07, 6.45) is -0.667. The molecule has 1 fully saturated rings. The van der Waals surface area contributed by atoms with E-state index in [4.69, 9.17) is 14.3 Å². The maximum absolute atomic E-state index is 13.2. The number of aliphatic hydroxyl groups excluding tert-OH is 1. The Hall–Kier alpha value is -3.51. The zero-order valence-electron chi connectivity index (χ0n) is 29.5. The maximum Gasteiger partial charge on any atom is 0.407 e. The standard InChI is InChI=1S/C37H56N4O7/c1-24(2)18-28(31(42)23-46-41-30(19-25(3)4)35(44)38-22-27-16-12-9-13-17-27)39-33(43)21-32-34(47-32)29(20-26-14-10-8-11-15-26)40-36(45)48-37(5,6)7/h8-17,24-25,28-32,34,41-42H,18-23H2,1-7H3,(H,38,44)(H,39,43)(H,40,45). The lowest BCUT2D eigenvalue weighted by Gasteiger charge is -2.27. The van der Waals surface area contributed by atoms with E-state index in [-0.39, 0.29) is 48.8 Å². The van der Waals surface area contributed by atoms with Crippen LogP contribution in [0.4, 0.5) is 4.79 Å². The van der Waals surface area contributed by atoms with Gasteiger partial charge in [0, 0.05) is 6.54 Å². The van der Waals surface area contributed by atoms with Gasteiger partial charge in [0.1, 0.15) is 17.7 Å². The molecule has 0 saturated carbocycles. The number of alkyl carbamates (subject to hydrolysis) is 1. The summed E-state index contributed by atoms with van der Waals surface area (Å²) in [5, 5.41) is 19.9. The van der Waals surface area contributed by atoms with Gasteiger partial charge in [0.2, 0.25) is 11.8 Å². The Bertz CT molecular complexity index is 1270. The number of hydroxylamine groups is 1. The van der Waals surface area contributed by atoms with Crippen molar-refractivity contribution in [1.82, 2.24) is 21.4 Å².